The summed E-state index contributed by atoms with van der Waals surface area (Å²) in [5, 5.41) is 3.27. The molecule has 28 heavy (non-hydrogen) atoms. The number of hydrogen-bond donors (Lipinski definition) is 1. The van der Waals surface area contributed by atoms with Gasteiger partial charge in [-0.3, -0.25) is 0 Å². The number of nitrogens with one attached hydrogen (secondary N) is 1. The molecule has 2 rings (SSSR count). The topological polar surface area (TPSA) is 44.8 Å². The Kier molecular flexibility index (Phi) is 9.26. The lowest BCUT2D eigenvalue weighted by Crippen LogP contribution is -2.50. The van der Waals surface area contributed by atoms with E-state index in [1.165, 1.54) is 5.56 Å². The molecule has 5 nitrogen and oxygen atoms in total. The predicted molar refractivity (Wildman–Crippen MR) is 116 cm³/mol. The number of nitrogens with zero attached hydrogens (tertiary/aromatic N) is 2. The van der Waals surface area contributed by atoms with Crippen LogP contribution in [0.5, 0.6) is 0 Å². The van der Waals surface area contributed by atoms with Gasteiger partial charge in [0.25, 0.3) is 0 Å². The van der Waals surface area contributed by atoms with E-state index < -0.39 is 0 Å². The molecular weight excluding hydrogens is 350 g/mol. The summed E-state index contributed by atoms with van der Waals surface area (Å²) < 4.78 is 5.61. The van der Waals surface area contributed by atoms with Crippen molar-refractivity contribution in [2.45, 2.75) is 46.0 Å². The minimum atomic E-state index is -0.0302. The van der Waals surface area contributed by atoms with E-state index in [-0.39, 0.29) is 11.4 Å². The van der Waals surface area contributed by atoms with Crippen molar-refractivity contribution in [1.82, 2.24) is 15.1 Å². The van der Waals surface area contributed by atoms with Gasteiger partial charge in [0.15, 0.2) is 0 Å². The van der Waals surface area contributed by atoms with Crippen LogP contribution >= 0.6 is 0 Å². The standard InChI is InChI=1S/C23H39N3O2/c1-5-25(6-2)14-15-26(18-20(3)4)22(27)24-19-23(12-16-28-17-13-23)21-10-8-7-9-11-21/h7-11,20H,5-6,12-19H2,1-4H3,(H,24,27). The maximum atomic E-state index is 13.0. The number of rotatable bonds is 10. The van der Waals surface area contributed by atoms with Gasteiger partial charge in [-0.2, -0.15) is 0 Å². The van der Waals surface area contributed by atoms with Crippen molar-refractivity contribution >= 4 is 6.03 Å². The van der Waals surface area contributed by atoms with Crippen LogP contribution in [0.3, 0.4) is 0 Å². The van der Waals surface area contributed by atoms with Crippen LogP contribution in [0, 0.1) is 5.92 Å². The molecule has 1 fully saturated rings. The number of amides is 2. The van der Waals surface area contributed by atoms with Crippen molar-refractivity contribution in [3.05, 3.63) is 35.9 Å². The van der Waals surface area contributed by atoms with Crippen LogP contribution < -0.4 is 5.32 Å². The summed E-state index contributed by atoms with van der Waals surface area (Å²) in [5.41, 5.74) is 1.27. The zero-order valence-electron chi connectivity index (χ0n) is 18.2. The molecule has 5 heteroatoms. The summed E-state index contributed by atoms with van der Waals surface area (Å²) in [4.78, 5) is 17.4. The highest BCUT2D eigenvalue weighted by Gasteiger charge is 2.35. The molecule has 0 saturated carbocycles. The molecule has 158 valence electrons. The van der Waals surface area contributed by atoms with E-state index in [0.717, 1.165) is 58.8 Å². The van der Waals surface area contributed by atoms with E-state index in [1.54, 1.807) is 0 Å². The number of hydrogen-bond acceptors (Lipinski definition) is 3. The van der Waals surface area contributed by atoms with Crippen LogP contribution in [-0.2, 0) is 10.2 Å². The summed E-state index contributed by atoms with van der Waals surface area (Å²) in [7, 11) is 0. The molecule has 0 radical (unpaired) electrons. The van der Waals surface area contributed by atoms with Gasteiger partial charge in [0.1, 0.15) is 0 Å². The molecule has 1 aromatic carbocycles. The van der Waals surface area contributed by atoms with E-state index in [2.05, 4.69) is 62.2 Å². The highest BCUT2D eigenvalue weighted by Crippen LogP contribution is 2.34. The molecule has 0 aromatic heterocycles. The number of ether oxygens (including phenoxy) is 1. The SMILES string of the molecule is CCN(CC)CCN(CC(C)C)C(=O)NCC1(c2ccccc2)CCOCC1. The number of benzene rings is 1. The van der Waals surface area contributed by atoms with Gasteiger partial charge in [0, 0.05) is 44.8 Å². The Hall–Kier alpha value is -1.59. The average Bonchev–Trinajstić information content (AvgIpc) is 2.73. The maximum absolute atomic E-state index is 13.0. The van der Waals surface area contributed by atoms with Crippen LogP contribution in [0.15, 0.2) is 30.3 Å². The van der Waals surface area contributed by atoms with Crippen LogP contribution in [0.4, 0.5) is 4.79 Å². The van der Waals surface area contributed by atoms with E-state index in [9.17, 15) is 4.79 Å². The molecule has 0 aliphatic carbocycles. The fourth-order valence-electron chi connectivity index (χ4n) is 4.00. The molecule has 1 heterocycles. The second-order valence-electron chi connectivity index (χ2n) is 8.28. The lowest BCUT2D eigenvalue weighted by atomic mass is 9.74. The third kappa shape index (κ3) is 6.49. The lowest BCUT2D eigenvalue weighted by Gasteiger charge is -2.38. The highest BCUT2D eigenvalue weighted by atomic mass is 16.5. The average molecular weight is 390 g/mol. The molecule has 1 N–H and O–H groups in total. The second-order valence-corrected chi connectivity index (χ2v) is 8.28. The molecule has 2 amide bonds. The van der Waals surface area contributed by atoms with Crippen molar-refractivity contribution in [3.8, 4) is 0 Å². The first-order chi connectivity index (χ1) is 13.5. The largest absolute Gasteiger partial charge is 0.381 e. The minimum absolute atomic E-state index is 0.0302. The van der Waals surface area contributed by atoms with Crippen molar-refractivity contribution in [3.63, 3.8) is 0 Å². The number of carbonyl (C=O) groups excluding carboxylic acids is 1. The number of likely N-dealkylation sites (N-methyl/N-ethyl adjacent to an activating group) is 1. The first-order valence-corrected chi connectivity index (χ1v) is 10.9. The minimum Gasteiger partial charge on any atom is -0.381 e. The van der Waals surface area contributed by atoms with Gasteiger partial charge in [-0.05, 0) is 37.4 Å². The van der Waals surface area contributed by atoms with Crippen LogP contribution in [0.25, 0.3) is 0 Å². The molecule has 0 unspecified atom stereocenters. The van der Waals surface area contributed by atoms with Gasteiger partial charge in [-0.15, -0.1) is 0 Å². The Morgan fingerprint density at radius 2 is 1.75 bits per heavy atom. The Bertz CT molecular complexity index is 566. The van der Waals surface area contributed by atoms with Gasteiger partial charge < -0.3 is 19.9 Å². The first kappa shape index (κ1) is 22.7. The highest BCUT2D eigenvalue weighted by molar-refractivity contribution is 5.74. The van der Waals surface area contributed by atoms with Crippen molar-refractivity contribution in [1.29, 1.82) is 0 Å². The van der Waals surface area contributed by atoms with Crippen molar-refractivity contribution in [2.75, 3.05) is 52.5 Å². The van der Waals surface area contributed by atoms with Gasteiger partial charge in [0.2, 0.25) is 0 Å². The monoisotopic (exact) mass is 389 g/mol. The van der Waals surface area contributed by atoms with Crippen molar-refractivity contribution in [2.24, 2.45) is 5.92 Å². The molecule has 1 aliphatic rings. The molecule has 0 bridgehead atoms. The van der Waals surface area contributed by atoms with Crippen molar-refractivity contribution < 1.29 is 9.53 Å². The fourth-order valence-corrected chi connectivity index (χ4v) is 4.00. The summed E-state index contributed by atoms with van der Waals surface area (Å²) in [6.45, 7) is 15.4. The normalized spacial score (nSPS) is 16.4. The van der Waals surface area contributed by atoms with Gasteiger partial charge in [-0.25, -0.2) is 4.79 Å². The predicted octanol–water partition coefficient (Wildman–Crippen LogP) is 3.74. The fraction of sp³-hybridized carbons (Fsp3) is 0.696. The van der Waals surface area contributed by atoms with Crippen LogP contribution in [0.1, 0.15) is 46.1 Å². The zero-order valence-corrected chi connectivity index (χ0v) is 18.2. The molecular formula is C23H39N3O2. The van der Waals surface area contributed by atoms with E-state index in [1.807, 2.05) is 11.0 Å². The van der Waals surface area contributed by atoms with Gasteiger partial charge in [0.05, 0.1) is 0 Å². The van der Waals surface area contributed by atoms with E-state index in [0.29, 0.717) is 12.5 Å². The molecule has 0 atom stereocenters. The Morgan fingerprint density at radius 1 is 1.11 bits per heavy atom. The second kappa shape index (κ2) is 11.4. The van der Waals surface area contributed by atoms with Crippen LogP contribution in [-0.4, -0.2) is 68.3 Å². The third-order valence-electron chi connectivity index (χ3n) is 5.87. The Balaban J connectivity index is 2.03. The zero-order chi connectivity index (χ0) is 20.4. The Morgan fingerprint density at radius 3 is 2.32 bits per heavy atom. The smallest absolute Gasteiger partial charge is 0.317 e. The molecule has 0 spiro atoms. The summed E-state index contributed by atoms with van der Waals surface area (Å²) in [5.74, 6) is 0.452. The van der Waals surface area contributed by atoms with E-state index >= 15 is 0 Å². The molecule has 1 aliphatic heterocycles. The van der Waals surface area contributed by atoms with Crippen LogP contribution in [0.2, 0.25) is 0 Å². The third-order valence-corrected chi connectivity index (χ3v) is 5.87. The molecule has 1 saturated heterocycles. The van der Waals surface area contributed by atoms with E-state index in [4.69, 9.17) is 4.74 Å². The van der Waals surface area contributed by atoms with Gasteiger partial charge in [-0.1, -0.05) is 58.0 Å². The summed E-state index contributed by atoms with van der Waals surface area (Å²) in [6.07, 6.45) is 1.89. The first-order valence-electron chi connectivity index (χ1n) is 10.9. The summed E-state index contributed by atoms with van der Waals surface area (Å²) >= 11 is 0. The quantitative estimate of drug-likeness (QED) is 0.663. The number of carbonyl (C=O) groups is 1. The van der Waals surface area contributed by atoms with Gasteiger partial charge >= 0.3 is 6.03 Å². The molecule has 1 aromatic rings. The lowest BCUT2D eigenvalue weighted by molar-refractivity contribution is 0.0500. The number of urea groups is 1. The Labute approximate surface area is 171 Å². The maximum Gasteiger partial charge on any atom is 0.317 e. The summed E-state index contributed by atoms with van der Waals surface area (Å²) in [6, 6.07) is 10.6.